The summed E-state index contributed by atoms with van der Waals surface area (Å²) in [5, 5.41) is 9.21. The van der Waals surface area contributed by atoms with E-state index < -0.39 is 0 Å². The summed E-state index contributed by atoms with van der Waals surface area (Å²) in [5.74, 6) is 4.74. The van der Waals surface area contributed by atoms with Crippen LogP contribution >= 0.6 is 0 Å². The average Bonchev–Trinajstić information content (AvgIpc) is 2.75. The third kappa shape index (κ3) is 0.783. The summed E-state index contributed by atoms with van der Waals surface area (Å²) in [6.45, 7) is 0.463. The summed E-state index contributed by atoms with van der Waals surface area (Å²) in [6.07, 6.45) is 7.26. The maximum Gasteiger partial charge on any atom is 0.0462 e. The highest BCUT2D eigenvalue weighted by Crippen LogP contribution is 2.60. The Hall–Kier alpha value is -0.0400. The SMILES string of the molecule is OC[C@H]1C[C@@H]2C[C@@H]1[C@H]1CCC[C@@H]21. The van der Waals surface area contributed by atoms with E-state index in [0.29, 0.717) is 12.5 Å². The molecule has 3 rings (SSSR count). The topological polar surface area (TPSA) is 20.2 Å². The van der Waals surface area contributed by atoms with Gasteiger partial charge in [0.1, 0.15) is 0 Å². The first-order valence-corrected chi connectivity index (χ1v) is 5.51. The van der Waals surface area contributed by atoms with Crippen molar-refractivity contribution < 1.29 is 5.11 Å². The lowest BCUT2D eigenvalue weighted by Gasteiger charge is -2.30. The fourth-order valence-corrected chi connectivity index (χ4v) is 4.42. The van der Waals surface area contributed by atoms with E-state index in [0.717, 1.165) is 23.7 Å². The van der Waals surface area contributed by atoms with Crippen LogP contribution in [0.2, 0.25) is 0 Å². The Morgan fingerprint density at radius 3 is 2.67 bits per heavy atom. The van der Waals surface area contributed by atoms with E-state index in [-0.39, 0.29) is 0 Å². The molecular formula is C11H18O. The van der Waals surface area contributed by atoms with Crippen molar-refractivity contribution in [1.29, 1.82) is 0 Å². The van der Waals surface area contributed by atoms with Crippen LogP contribution < -0.4 is 0 Å². The molecule has 0 heterocycles. The lowest BCUT2D eigenvalue weighted by molar-refractivity contribution is 0.121. The van der Waals surface area contributed by atoms with E-state index in [1.807, 2.05) is 0 Å². The molecule has 0 aromatic carbocycles. The Morgan fingerprint density at radius 2 is 1.83 bits per heavy atom. The van der Waals surface area contributed by atoms with E-state index in [1.54, 1.807) is 0 Å². The van der Waals surface area contributed by atoms with Crippen LogP contribution in [0.15, 0.2) is 0 Å². The third-order valence-corrected chi connectivity index (χ3v) is 4.80. The standard InChI is InChI=1S/C11H18O/c12-6-8-4-7-5-11(8)10-3-1-2-9(7)10/h7-12H,1-6H2/t7-,8-,9+,10+,11+/m1/s1. The maximum absolute atomic E-state index is 9.21. The molecule has 0 saturated heterocycles. The zero-order chi connectivity index (χ0) is 8.13. The summed E-state index contributed by atoms with van der Waals surface area (Å²) in [6, 6.07) is 0. The van der Waals surface area contributed by atoms with Crippen molar-refractivity contribution in [3.05, 3.63) is 0 Å². The lowest BCUT2D eigenvalue weighted by atomic mass is 9.76. The first kappa shape index (κ1) is 7.37. The molecule has 1 nitrogen and oxygen atoms in total. The van der Waals surface area contributed by atoms with Gasteiger partial charge >= 0.3 is 0 Å². The van der Waals surface area contributed by atoms with Crippen LogP contribution in [0.25, 0.3) is 0 Å². The number of aliphatic hydroxyl groups is 1. The molecular weight excluding hydrogens is 148 g/mol. The van der Waals surface area contributed by atoms with E-state index in [2.05, 4.69) is 0 Å². The summed E-state index contributed by atoms with van der Waals surface area (Å²) >= 11 is 0. The van der Waals surface area contributed by atoms with Crippen molar-refractivity contribution in [2.45, 2.75) is 32.1 Å². The fourth-order valence-electron chi connectivity index (χ4n) is 4.42. The van der Waals surface area contributed by atoms with Gasteiger partial charge in [-0.05, 0) is 55.3 Å². The van der Waals surface area contributed by atoms with Gasteiger partial charge in [0.25, 0.3) is 0 Å². The van der Waals surface area contributed by atoms with E-state index in [4.69, 9.17) is 0 Å². The summed E-state index contributed by atoms with van der Waals surface area (Å²) in [5.41, 5.74) is 0. The highest BCUT2D eigenvalue weighted by molar-refractivity contribution is 5.02. The molecule has 0 aliphatic heterocycles. The normalized spacial score (nSPS) is 56.2. The molecule has 68 valence electrons. The molecule has 3 aliphatic carbocycles. The second-order valence-electron chi connectivity index (χ2n) is 5.10. The Morgan fingerprint density at radius 1 is 1.00 bits per heavy atom. The summed E-state index contributed by atoms with van der Waals surface area (Å²) < 4.78 is 0. The van der Waals surface area contributed by atoms with Crippen molar-refractivity contribution in [2.75, 3.05) is 6.61 Å². The van der Waals surface area contributed by atoms with Gasteiger partial charge in [-0.1, -0.05) is 6.42 Å². The maximum atomic E-state index is 9.21. The Labute approximate surface area is 74.2 Å². The second-order valence-corrected chi connectivity index (χ2v) is 5.10. The van der Waals surface area contributed by atoms with Crippen molar-refractivity contribution in [3.63, 3.8) is 0 Å². The molecule has 2 bridgehead atoms. The van der Waals surface area contributed by atoms with Crippen LogP contribution in [0, 0.1) is 29.6 Å². The minimum absolute atomic E-state index is 0.463. The third-order valence-electron chi connectivity index (χ3n) is 4.80. The predicted octanol–water partition coefficient (Wildman–Crippen LogP) is 2.05. The van der Waals surface area contributed by atoms with Crippen LogP contribution in [-0.2, 0) is 0 Å². The number of rotatable bonds is 1. The molecule has 3 saturated carbocycles. The number of fused-ring (bicyclic) bond motifs is 5. The molecule has 5 atom stereocenters. The molecule has 0 radical (unpaired) electrons. The molecule has 0 unspecified atom stereocenters. The highest BCUT2D eigenvalue weighted by Gasteiger charge is 2.53. The first-order chi connectivity index (χ1) is 5.90. The summed E-state index contributed by atoms with van der Waals surface area (Å²) in [4.78, 5) is 0. The molecule has 0 amide bonds. The van der Waals surface area contributed by atoms with Crippen molar-refractivity contribution in [1.82, 2.24) is 0 Å². The lowest BCUT2D eigenvalue weighted by Crippen LogP contribution is -2.26. The smallest absolute Gasteiger partial charge is 0.0462 e. The minimum atomic E-state index is 0.463. The molecule has 1 N–H and O–H groups in total. The van der Waals surface area contributed by atoms with Crippen molar-refractivity contribution in [3.8, 4) is 0 Å². The summed E-state index contributed by atoms with van der Waals surface area (Å²) in [7, 11) is 0. The van der Waals surface area contributed by atoms with Gasteiger partial charge in [-0.25, -0.2) is 0 Å². The second kappa shape index (κ2) is 2.47. The first-order valence-electron chi connectivity index (χ1n) is 5.51. The number of aliphatic hydroxyl groups excluding tert-OH is 1. The Balaban J connectivity index is 1.83. The van der Waals surface area contributed by atoms with Gasteiger partial charge in [-0.2, -0.15) is 0 Å². The predicted molar refractivity (Wildman–Crippen MR) is 47.6 cm³/mol. The van der Waals surface area contributed by atoms with Crippen LogP contribution in [0.4, 0.5) is 0 Å². The van der Waals surface area contributed by atoms with E-state index >= 15 is 0 Å². The Kier molecular flexibility index (Phi) is 1.52. The van der Waals surface area contributed by atoms with Crippen LogP contribution in [0.1, 0.15) is 32.1 Å². The van der Waals surface area contributed by atoms with Gasteiger partial charge in [0.05, 0.1) is 0 Å². The highest BCUT2D eigenvalue weighted by atomic mass is 16.3. The van der Waals surface area contributed by atoms with Crippen molar-refractivity contribution >= 4 is 0 Å². The van der Waals surface area contributed by atoms with Gasteiger partial charge in [0.2, 0.25) is 0 Å². The zero-order valence-corrected chi connectivity index (χ0v) is 7.58. The molecule has 0 aromatic rings. The largest absolute Gasteiger partial charge is 0.396 e. The molecule has 0 spiro atoms. The van der Waals surface area contributed by atoms with Gasteiger partial charge in [-0.3, -0.25) is 0 Å². The zero-order valence-electron chi connectivity index (χ0n) is 7.58. The van der Waals surface area contributed by atoms with Gasteiger partial charge in [-0.15, -0.1) is 0 Å². The molecule has 12 heavy (non-hydrogen) atoms. The minimum Gasteiger partial charge on any atom is -0.396 e. The van der Waals surface area contributed by atoms with Gasteiger partial charge in [0.15, 0.2) is 0 Å². The fraction of sp³-hybridized carbons (Fsp3) is 1.00. The van der Waals surface area contributed by atoms with E-state index in [1.165, 1.54) is 32.1 Å². The average molecular weight is 166 g/mol. The number of hydrogen-bond donors (Lipinski definition) is 1. The van der Waals surface area contributed by atoms with Crippen molar-refractivity contribution in [2.24, 2.45) is 29.6 Å². The quantitative estimate of drug-likeness (QED) is 0.632. The molecule has 3 fully saturated rings. The molecule has 0 aromatic heterocycles. The van der Waals surface area contributed by atoms with Gasteiger partial charge < -0.3 is 5.11 Å². The van der Waals surface area contributed by atoms with E-state index in [9.17, 15) is 5.11 Å². The molecule has 3 aliphatic rings. The Bertz CT molecular complexity index is 187. The van der Waals surface area contributed by atoms with Crippen LogP contribution in [-0.4, -0.2) is 11.7 Å². The van der Waals surface area contributed by atoms with Crippen LogP contribution in [0.5, 0.6) is 0 Å². The number of hydrogen-bond acceptors (Lipinski definition) is 1. The van der Waals surface area contributed by atoms with Crippen LogP contribution in [0.3, 0.4) is 0 Å². The molecule has 1 heteroatoms. The monoisotopic (exact) mass is 166 g/mol. The van der Waals surface area contributed by atoms with Gasteiger partial charge in [0, 0.05) is 6.61 Å².